The first kappa shape index (κ1) is 17.4. The van der Waals surface area contributed by atoms with Crippen molar-refractivity contribution in [3.05, 3.63) is 64.2 Å². The summed E-state index contributed by atoms with van der Waals surface area (Å²) in [4.78, 5) is 18.5. The van der Waals surface area contributed by atoms with Gasteiger partial charge in [-0.05, 0) is 24.3 Å². The SMILES string of the molecule is C[Si](C)(C)C#Cc1ccccc1N=C=Nc1ccc([N+](=O)[O-])cc1. The first-order valence-corrected chi connectivity index (χ1v) is 10.9. The number of para-hydroxylation sites is 1. The zero-order chi connectivity index (χ0) is 17.6. The molecule has 0 saturated heterocycles. The molecule has 0 heterocycles. The fraction of sp³-hybridized carbons (Fsp3) is 0.167. The summed E-state index contributed by atoms with van der Waals surface area (Å²) in [6, 6.07) is 16.1. The Morgan fingerprint density at radius 3 is 2.29 bits per heavy atom. The molecule has 0 aliphatic rings. The van der Waals surface area contributed by atoms with Gasteiger partial charge >= 0.3 is 0 Å². The summed E-state index contributed by atoms with van der Waals surface area (Å²) in [5, 5.41) is 10.6. The van der Waals surface area contributed by atoms with Crippen molar-refractivity contribution in [2.45, 2.75) is 19.6 Å². The Morgan fingerprint density at radius 2 is 1.67 bits per heavy atom. The minimum atomic E-state index is -1.46. The van der Waals surface area contributed by atoms with Crippen LogP contribution in [0.1, 0.15) is 5.56 Å². The highest BCUT2D eigenvalue weighted by molar-refractivity contribution is 6.83. The van der Waals surface area contributed by atoms with E-state index < -0.39 is 13.0 Å². The van der Waals surface area contributed by atoms with Crippen LogP contribution in [0.3, 0.4) is 0 Å². The average molecular weight is 335 g/mol. The van der Waals surface area contributed by atoms with Gasteiger partial charge in [0.2, 0.25) is 0 Å². The maximum atomic E-state index is 10.6. The second-order valence-corrected chi connectivity index (χ2v) is 10.9. The molecule has 0 atom stereocenters. The molecule has 0 spiro atoms. The highest BCUT2D eigenvalue weighted by Gasteiger charge is 2.08. The van der Waals surface area contributed by atoms with E-state index in [1.807, 2.05) is 24.3 Å². The molecule has 2 aromatic carbocycles. The maximum absolute atomic E-state index is 10.6. The lowest BCUT2D eigenvalue weighted by Gasteiger charge is -2.03. The molecule has 0 aromatic heterocycles. The zero-order valence-electron chi connectivity index (χ0n) is 13.8. The molecule has 0 saturated carbocycles. The number of aliphatic imine (C=N–C) groups is 2. The van der Waals surface area contributed by atoms with Crippen LogP contribution in [-0.2, 0) is 0 Å². The maximum Gasteiger partial charge on any atom is 0.269 e. The Balaban J connectivity index is 2.25. The van der Waals surface area contributed by atoms with Crippen LogP contribution < -0.4 is 0 Å². The van der Waals surface area contributed by atoms with E-state index in [2.05, 4.69) is 47.1 Å². The molecule has 0 N–H and O–H groups in total. The van der Waals surface area contributed by atoms with Crippen LogP contribution in [0.25, 0.3) is 0 Å². The number of benzene rings is 2. The fourth-order valence-electron chi connectivity index (χ4n) is 1.72. The molecule has 2 aromatic rings. The van der Waals surface area contributed by atoms with E-state index in [-0.39, 0.29) is 5.69 Å². The number of non-ortho nitro benzene ring substituents is 1. The Bertz CT molecular complexity index is 866. The quantitative estimate of drug-likeness (QED) is 0.261. The standard InChI is InChI=1S/C18H17N3O2Si/c1-24(2,3)13-12-15-6-4-5-7-18(15)20-14-19-16-8-10-17(11-9-16)21(22)23/h4-11H,1-3H3. The fourth-order valence-corrected chi connectivity index (χ4v) is 2.23. The van der Waals surface area contributed by atoms with Gasteiger partial charge in [0.1, 0.15) is 14.1 Å². The van der Waals surface area contributed by atoms with E-state index in [1.54, 1.807) is 12.1 Å². The largest absolute Gasteiger partial charge is 0.269 e. The Labute approximate surface area is 142 Å². The number of nitro benzene ring substituents is 1. The predicted molar refractivity (Wildman–Crippen MR) is 98.9 cm³/mol. The first-order chi connectivity index (χ1) is 11.3. The number of hydrogen-bond donors (Lipinski definition) is 0. The summed E-state index contributed by atoms with van der Waals surface area (Å²) < 4.78 is 0. The van der Waals surface area contributed by atoms with Crippen molar-refractivity contribution in [2.24, 2.45) is 9.98 Å². The van der Waals surface area contributed by atoms with Crippen molar-refractivity contribution >= 4 is 31.1 Å². The first-order valence-electron chi connectivity index (χ1n) is 7.38. The highest BCUT2D eigenvalue weighted by Crippen LogP contribution is 2.19. The van der Waals surface area contributed by atoms with Crippen LogP contribution in [0.5, 0.6) is 0 Å². The van der Waals surface area contributed by atoms with Crippen molar-refractivity contribution in [3.8, 4) is 11.5 Å². The molecule has 2 rings (SSSR count). The molecule has 120 valence electrons. The topological polar surface area (TPSA) is 67.9 Å². The van der Waals surface area contributed by atoms with Crippen molar-refractivity contribution in [2.75, 3.05) is 0 Å². The van der Waals surface area contributed by atoms with Gasteiger partial charge in [0.15, 0.2) is 0 Å². The van der Waals surface area contributed by atoms with Crippen LogP contribution in [0.15, 0.2) is 58.5 Å². The van der Waals surface area contributed by atoms with Gasteiger partial charge in [-0.3, -0.25) is 10.1 Å². The summed E-state index contributed by atoms with van der Waals surface area (Å²) in [7, 11) is -1.46. The van der Waals surface area contributed by atoms with E-state index in [9.17, 15) is 10.1 Å². The Kier molecular flexibility index (Phi) is 5.43. The molecule has 0 bridgehead atoms. The third kappa shape index (κ3) is 5.32. The molecule has 0 radical (unpaired) electrons. The minimum Gasteiger partial charge on any atom is -0.258 e. The molecule has 0 unspecified atom stereocenters. The highest BCUT2D eigenvalue weighted by atomic mass is 28.3. The number of nitrogens with zero attached hydrogens (tertiary/aromatic N) is 3. The van der Waals surface area contributed by atoms with Gasteiger partial charge in [-0.1, -0.05) is 37.7 Å². The van der Waals surface area contributed by atoms with Gasteiger partial charge in [0.05, 0.1) is 21.9 Å². The van der Waals surface area contributed by atoms with Crippen LogP contribution in [0, 0.1) is 21.6 Å². The Morgan fingerprint density at radius 1 is 1.00 bits per heavy atom. The summed E-state index contributed by atoms with van der Waals surface area (Å²) >= 11 is 0. The van der Waals surface area contributed by atoms with Crippen LogP contribution in [-0.4, -0.2) is 19.0 Å². The molecule has 0 fully saturated rings. The van der Waals surface area contributed by atoms with Crippen molar-refractivity contribution in [1.29, 1.82) is 0 Å². The van der Waals surface area contributed by atoms with Crippen LogP contribution >= 0.6 is 0 Å². The van der Waals surface area contributed by atoms with Crippen molar-refractivity contribution in [1.82, 2.24) is 0 Å². The van der Waals surface area contributed by atoms with Crippen molar-refractivity contribution < 1.29 is 4.92 Å². The molecule has 0 amide bonds. The van der Waals surface area contributed by atoms with E-state index in [0.29, 0.717) is 11.4 Å². The van der Waals surface area contributed by atoms with Crippen molar-refractivity contribution in [3.63, 3.8) is 0 Å². The normalized spacial score (nSPS) is 10.1. The Hall–Kier alpha value is -3.00. The lowest BCUT2D eigenvalue weighted by Crippen LogP contribution is -2.16. The summed E-state index contributed by atoms with van der Waals surface area (Å²) in [5.41, 5.74) is 5.43. The van der Waals surface area contributed by atoms with Gasteiger partial charge in [0.25, 0.3) is 5.69 Å². The molecular weight excluding hydrogens is 318 g/mol. The molecule has 6 heteroatoms. The third-order valence-corrected chi connectivity index (χ3v) is 3.76. The second-order valence-electron chi connectivity index (χ2n) is 6.11. The van der Waals surface area contributed by atoms with E-state index in [0.717, 1.165) is 5.56 Å². The van der Waals surface area contributed by atoms with Gasteiger partial charge < -0.3 is 0 Å². The van der Waals surface area contributed by atoms with Gasteiger partial charge in [-0.25, -0.2) is 0 Å². The third-order valence-electron chi connectivity index (χ3n) is 2.89. The van der Waals surface area contributed by atoms with E-state index >= 15 is 0 Å². The van der Waals surface area contributed by atoms with E-state index in [4.69, 9.17) is 0 Å². The smallest absolute Gasteiger partial charge is 0.258 e. The molecule has 0 aliphatic heterocycles. The molecule has 5 nitrogen and oxygen atoms in total. The van der Waals surface area contributed by atoms with Gasteiger partial charge in [0, 0.05) is 12.1 Å². The van der Waals surface area contributed by atoms with Gasteiger partial charge in [-0.2, -0.15) is 9.98 Å². The van der Waals surface area contributed by atoms with Crippen LogP contribution in [0.4, 0.5) is 17.1 Å². The number of nitro groups is 1. The van der Waals surface area contributed by atoms with Crippen LogP contribution in [0.2, 0.25) is 19.6 Å². The lowest BCUT2D eigenvalue weighted by atomic mass is 10.2. The zero-order valence-corrected chi connectivity index (χ0v) is 14.8. The number of hydrogen-bond acceptors (Lipinski definition) is 4. The second kappa shape index (κ2) is 7.51. The number of rotatable bonds is 3. The minimum absolute atomic E-state index is 0.0258. The monoisotopic (exact) mass is 335 g/mol. The molecule has 24 heavy (non-hydrogen) atoms. The summed E-state index contributed by atoms with van der Waals surface area (Å²) in [6.07, 6.45) is 0. The predicted octanol–water partition coefficient (Wildman–Crippen LogP) is 4.96. The molecule has 0 aliphatic carbocycles. The van der Waals surface area contributed by atoms with E-state index in [1.165, 1.54) is 12.1 Å². The molecular formula is C18H17N3O2Si. The lowest BCUT2D eigenvalue weighted by molar-refractivity contribution is -0.384. The van der Waals surface area contributed by atoms with Gasteiger partial charge in [-0.15, -0.1) is 5.54 Å². The summed E-state index contributed by atoms with van der Waals surface area (Å²) in [5.74, 6) is 3.18. The average Bonchev–Trinajstić information content (AvgIpc) is 2.53. The summed E-state index contributed by atoms with van der Waals surface area (Å²) in [6.45, 7) is 6.55.